The molecule has 2 N–H and O–H groups in total. The number of rotatable bonds is 6. The zero-order chi connectivity index (χ0) is 15.4. The number of ether oxygens (including phenoxy) is 1. The second kappa shape index (κ2) is 6.47. The third kappa shape index (κ3) is 3.97. The topological polar surface area (TPSA) is 63.2 Å². The van der Waals surface area contributed by atoms with E-state index in [-0.39, 0.29) is 5.91 Å². The molecule has 0 unspecified atom stereocenters. The lowest BCUT2D eigenvalue weighted by molar-refractivity contribution is -0.115. The van der Waals surface area contributed by atoms with Crippen LogP contribution in [0.4, 0.5) is 11.5 Å². The Kier molecular flexibility index (Phi) is 4.23. The third-order valence-corrected chi connectivity index (χ3v) is 3.50. The normalized spacial score (nSPS) is 13.5. The van der Waals surface area contributed by atoms with E-state index in [0.29, 0.717) is 18.2 Å². The molecule has 114 valence electrons. The molecule has 0 bridgehead atoms. The predicted octanol–water partition coefficient (Wildman–Crippen LogP) is 2.85. The highest BCUT2D eigenvalue weighted by Crippen LogP contribution is 2.24. The van der Waals surface area contributed by atoms with Crippen LogP contribution in [-0.2, 0) is 11.2 Å². The number of hydrogen-bond donors (Lipinski definition) is 2. The van der Waals surface area contributed by atoms with Crippen LogP contribution in [0.15, 0.2) is 42.6 Å². The second-order valence-electron chi connectivity index (χ2n) is 5.42. The molecule has 22 heavy (non-hydrogen) atoms. The lowest BCUT2D eigenvalue weighted by Gasteiger charge is -2.07. The van der Waals surface area contributed by atoms with Gasteiger partial charge >= 0.3 is 0 Å². The Morgan fingerprint density at radius 2 is 2.00 bits per heavy atom. The zero-order valence-electron chi connectivity index (χ0n) is 12.5. The van der Waals surface area contributed by atoms with Crippen molar-refractivity contribution in [2.75, 3.05) is 17.7 Å². The van der Waals surface area contributed by atoms with Crippen molar-refractivity contribution in [2.24, 2.45) is 0 Å². The van der Waals surface area contributed by atoms with Crippen molar-refractivity contribution in [3.05, 3.63) is 48.2 Å². The van der Waals surface area contributed by atoms with Gasteiger partial charge in [0.05, 0.1) is 25.4 Å². The van der Waals surface area contributed by atoms with Gasteiger partial charge in [0.25, 0.3) is 0 Å². The van der Waals surface area contributed by atoms with E-state index in [1.165, 1.54) is 12.8 Å². The molecule has 0 radical (unpaired) electrons. The van der Waals surface area contributed by atoms with E-state index in [0.717, 1.165) is 17.1 Å². The Morgan fingerprint density at radius 1 is 1.23 bits per heavy atom. The van der Waals surface area contributed by atoms with Crippen molar-refractivity contribution in [1.29, 1.82) is 0 Å². The first-order valence-electron chi connectivity index (χ1n) is 7.38. The molecule has 5 nitrogen and oxygen atoms in total. The van der Waals surface area contributed by atoms with Gasteiger partial charge in [-0.15, -0.1) is 0 Å². The standard InChI is InChI=1S/C17H19N3O2/c1-22-15-7-2-12(3-8-15)10-17(21)20-14-6-9-16(18-11-14)19-13-4-5-13/h2-3,6-9,11,13H,4-5,10H2,1H3,(H,18,19)(H,20,21). The van der Waals surface area contributed by atoms with Crippen LogP contribution in [0.2, 0.25) is 0 Å². The molecule has 0 atom stereocenters. The lowest BCUT2D eigenvalue weighted by Crippen LogP contribution is -2.14. The number of hydrogen-bond acceptors (Lipinski definition) is 4. The van der Waals surface area contributed by atoms with Gasteiger partial charge in [0.15, 0.2) is 0 Å². The number of benzene rings is 1. The molecular weight excluding hydrogens is 278 g/mol. The van der Waals surface area contributed by atoms with E-state index in [2.05, 4.69) is 15.6 Å². The number of anilines is 2. The maximum Gasteiger partial charge on any atom is 0.228 e. The first-order chi connectivity index (χ1) is 10.7. The first-order valence-corrected chi connectivity index (χ1v) is 7.38. The van der Waals surface area contributed by atoms with Crippen molar-refractivity contribution in [2.45, 2.75) is 25.3 Å². The van der Waals surface area contributed by atoms with E-state index in [1.807, 2.05) is 36.4 Å². The van der Waals surface area contributed by atoms with Gasteiger partial charge in [-0.1, -0.05) is 12.1 Å². The van der Waals surface area contributed by atoms with E-state index < -0.39 is 0 Å². The van der Waals surface area contributed by atoms with E-state index in [4.69, 9.17) is 4.74 Å². The largest absolute Gasteiger partial charge is 0.497 e. The van der Waals surface area contributed by atoms with Gasteiger partial charge in [0.1, 0.15) is 11.6 Å². The molecule has 1 saturated carbocycles. The van der Waals surface area contributed by atoms with Crippen LogP contribution in [0.5, 0.6) is 5.75 Å². The summed E-state index contributed by atoms with van der Waals surface area (Å²) in [4.78, 5) is 16.3. The number of aromatic nitrogens is 1. The first kappa shape index (κ1) is 14.4. The Balaban J connectivity index is 1.53. The molecule has 5 heteroatoms. The molecule has 1 aromatic heterocycles. The number of carbonyl (C=O) groups is 1. The average Bonchev–Trinajstić information content (AvgIpc) is 3.34. The molecule has 1 aliphatic rings. The number of carbonyl (C=O) groups excluding carboxylic acids is 1. The van der Waals surface area contributed by atoms with E-state index in [1.54, 1.807) is 13.3 Å². The van der Waals surface area contributed by atoms with Crippen LogP contribution < -0.4 is 15.4 Å². The Hall–Kier alpha value is -2.56. The number of nitrogens with one attached hydrogen (secondary N) is 2. The van der Waals surface area contributed by atoms with Crippen LogP contribution in [0.25, 0.3) is 0 Å². The maximum atomic E-state index is 12.0. The van der Waals surface area contributed by atoms with Crippen LogP contribution in [0, 0.1) is 0 Å². The summed E-state index contributed by atoms with van der Waals surface area (Å²) in [6, 6.07) is 11.8. The number of pyridine rings is 1. The molecule has 0 saturated heterocycles. The number of nitrogens with zero attached hydrogens (tertiary/aromatic N) is 1. The lowest BCUT2D eigenvalue weighted by atomic mass is 10.1. The summed E-state index contributed by atoms with van der Waals surface area (Å²) >= 11 is 0. The van der Waals surface area contributed by atoms with Crippen LogP contribution >= 0.6 is 0 Å². The molecule has 1 aliphatic carbocycles. The summed E-state index contributed by atoms with van der Waals surface area (Å²) in [5.41, 5.74) is 1.65. The molecule has 1 fully saturated rings. The minimum absolute atomic E-state index is 0.0603. The molecule has 1 amide bonds. The molecule has 1 heterocycles. The summed E-state index contributed by atoms with van der Waals surface area (Å²) in [6.07, 6.45) is 4.42. The summed E-state index contributed by atoms with van der Waals surface area (Å²) in [7, 11) is 1.62. The summed E-state index contributed by atoms with van der Waals surface area (Å²) in [5.74, 6) is 1.58. The maximum absolute atomic E-state index is 12.0. The number of amides is 1. The van der Waals surface area contributed by atoms with Crippen molar-refractivity contribution in [3.63, 3.8) is 0 Å². The Morgan fingerprint density at radius 3 is 2.59 bits per heavy atom. The predicted molar refractivity (Wildman–Crippen MR) is 86.2 cm³/mol. The fraction of sp³-hybridized carbons (Fsp3) is 0.294. The highest BCUT2D eigenvalue weighted by molar-refractivity contribution is 5.92. The minimum atomic E-state index is -0.0603. The number of methoxy groups -OCH3 is 1. The van der Waals surface area contributed by atoms with Gasteiger partial charge < -0.3 is 15.4 Å². The van der Waals surface area contributed by atoms with Crippen molar-refractivity contribution >= 4 is 17.4 Å². The van der Waals surface area contributed by atoms with Gasteiger partial charge in [-0.05, 0) is 42.7 Å². The fourth-order valence-electron chi connectivity index (χ4n) is 2.12. The summed E-state index contributed by atoms with van der Waals surface area (Å²) in [5, 5.41) is 6.17. The molecule has 1 aromatic carbocycles. The molecule has 0 spiro atoms. The zero-order valence-corrected chi connectivity index (χ0v) is 12.5. The van der Waals surface area contributed by atoms with Crippen LogP contribution in [0.1, 0.15) is 18.4 Å². The van der Waals surface area contributed by atoms with Crippen molar-refractivity contribution < 1.29 is 9.53 Å². The van der Waals surface area contributed by atoms with Gasteiger partial charge in [0.2, 0.25) is 5.91 Å². The Labute approximate surface area is 129 Å². The Bertz CT molecular complexity index is 634. The molecule has 3 rings (SSSR count). The van der Waals surface area contributed by atoms with Crippen LogP contribution in [0.3, 0.4) is 0 Å². The summed E-state index contributed by atoms with van der Waals surface area (Å²) < 4.78 is 5.10. The van der Waals surface area contributed by atoms with Crippen molar-refractivity contribution in [3.8, 4) is 5.75 Å². The average molecular weight is 297 g/mol. The van der Waals surface area contributed by atoms with E-state index >= 15 is 0 Å². The molecule has 0 aliphatic heterocycles. The van der Waals surface area contributed by atoms with Gasteiger partial charge in [0, 0.05) is 6.04 Å². The summed E-state index contributed by atoms with van der Waals surface area (Å²) in [6.45, 7) is 0. The van der Waals surface area contributed by atoms with Gasteiger partial charge in [-0.25, -0.2) is 4.98 Å². The smallest absolute Gasteiger partial charge is 0.228 e. The molecule has 2 aromatic rings. The quantitative estimate of drug-likeness (QED) is 0.860. The van der Waals surface area contributed by atoms with Crippen molar-refractivity contribution in [1.82, 2.24) is 4.98 Å². The fourth-order valence-corrected chi connectivity index (χ4v) is 2.12. The molecular formula is C17H19N3O2. The monoisotopic (exact) mass is 297 g/mol. The minimum Gasteiger partial charge on any atom is -0.497 e. The highest BCUT2D eigenvalue weighted by Gasteiger charge is 2.21. The second-order valence-corrected chi connectivity index (χ2v) is 5.42. The SMILES string of the molecule is COc1ccc(CC(=O)Nc2ccc(NC3CC3)nc2)cc1. The van der Waals surface area contributed by atoms with Crippen LogP contribution in [-0.4, -0.2) is 24.0 Å². The third-order valence-electron chi connectivity index (χ3n) is 3.50. The van der Waals surface area contributed by atoms with E-state index in [9.17, 15) is 4.79 Å². The van der Waals surface area contributed by atoms with Gasteiger partial charge in [-0.2, -0.15) is 0 Å². The highest BCUT2D eigenvalue weighted by atomic mass is 16.5. The van der Waals surface area contributed by atoms with Gasteiger partial charge in [-0.3, -0.25) is 4.79 Å².